The summed E-state index contributed by atoms with van der Waals surface area (Å²) in [5.74, 6) is 1.21. The first-order valence-corrected chi connectivity index (χ1v) is 5.24. The lowest BCUT2D eigenvalue weighted by Gasteiger charge is -2.05. The zero-order chi connectivity index (χ0) is 11.7. The molecule has 0 amide bonds. The summed E-state index contributed by atoms with van der Waals surface area (Å²) in [5, 5.41) is 0. The van der Waals surface area contributed by atoms with Gasteiger partial charge in [-0.15, -0.1) is 0 Å². The minimum atomic E-state index is 0.515. The Morgan fingerprint density at radius 1 is 0.875 bits per heavy atom. The molecule has 0 unspecified atom stereocenters. The van der Waals surface area contributed by atoms with Crippen LogP contribution in [0.1, 0.15) is 16.8 Å². The molecule has 82 valence electrons. The first-order chi connectivity index (χ1) is 7.54. The van der Waals surface area contributed by atoms with Crippen molar-refractivity contribution in [1.29, 1.82) is 0 Å². The lowest BCUT2D eigenvalue weighted by Crippen LogP contribution is -1.98. The maximum atomic E-state index is 5.72. The van der Waals surface area contributed by atoms with E-state index < -0.39 is 0 Å². The van der Waals surface area contributed by atoms with E-state index in [1.165, 1.54) is 11.1 Å². The molecule has 1 aromatic carbocycles. The Bertz CT molecular complexity index is 443. The molecule has 2 rings (SSSR count). The second-order valence-electron chi connectivity index (χ2n) is 4.13. The van der Waals surface area contributed by atoms with Crippen molar-refractivity contribution in [1.82, 2.24) is 9.97 Å². The van der Waals surface area contributed by atoms with Crippen molar-refractivity contribution in [3.05, 3.63) is 41.1 Å². The monoisotopic (exact) mass is 213 g/mol. The fraction of sp³-hybridized carbons (Fsp3) is 0.231. The van der Waals surface area contributed by atoms with Crippen molar-refractivity contribution in [3.63, 3.8) is 0 Å². The molecule has 3 heteroatoms. The molecule has 0 saturated heterocycles. The Morgan fingerprint density at radius 2 is 1.50 bits per heavy atom. The van der Waals surface area contributed by atoms with E-state index in [4.69, 9.17) is 5.73 Å². The highest BCUT2D eigenvalue weighted by atomic mass is 14.9. The van der Waals surface area contributed by atoms with Crippen LogP contribution in [0.25, 0.3) is 11.4 Å². The predicted octanol–water partition coefficient (Wildman–Crippen LogP) is 2.65. The summed E-state index contributed by atoms with van der Waals surface area (Å²) >= 11 is 0. The number of nitrogens with two attached hydrogens (primary N) is 1. The fourth-order valence-corrected chi connectivity index (χ4v) is 1.83. The number of benzene rings is 1. The molecule has 1 aromatic heterocycles. The van der Waals surface area contributed by atoms with Crippen LogP contribution in [0.4, 0.5) is 5.82 Å². The predicted molar refractivity (Wildman–Crippen MR) is 66.1 cm³/mol. The van der Waals surface area contributed by atoms with Crippen molar-refractivity contribution in [2.24, 2.45) is 0 Å². The van der Waals surface area contributed by atoms with Gasteiger partial charge >= 0.3 is 0 Å². The van der Waals surface area contributed by atoms with Gasteiger partial charge in [-0.3, -0.25) is 0 Å². The first kappa shape index (κ1) is 10.6. The van der Waals surface area contributed by atoms with E-state index in [-0.39, 0.29) is 0 Å². The largest absolute Gasteiger partial charge is 0.384 e. The number of anilines is 1. The lowest BCUT2D eigenvalue weighted by atomic mass is 10.1. The molecule has 2 N–H and O–H groups in total. The molecule has 0 atom stereocenters. The summed E-state index contributed by atoms with van der Waals surface area (Å²) in [6.07, 6.45) is 0. The molecule has 2 aromatic rings. The van der Waals surface area contributed by atoms with Gasteiger partial charge in [-0.1, -0.05) is 17.2 Å². The molecule has 0 spiro atoms. The van der Waals surface area contributed by atoms with Gasteiger partial charge in [0.05, 0.1) is 0 Å². The summed E-state index contributed by atoms with van der Waals surface area (Å²) < 4.78 is 0. The summed E-state index contributed by atoms with van der Waals surface area (Å²) in [4.78, 5) is 8.65. The summed E-state index contributed by atoms with van der Waals surface area (Å²) in [6, 6.07) is 8.04. The standard InChI is InChI=1S/C13H15N3/c1-8-4-9(2)6-11(5-8)13-15-10(3)7-12(14)16-13/h4-7H,1-3H3,(H2,14,15,16). The quantitative estimate of drug-likeness (QED) is 0.792. The third kappa shape index (κ3) is 2.19. The first-order valence-electron chi connectivity index (χ1n) is 5.24. The topological polar surface area (TPSA) is 51.8 Å². The average Bonchev–Trinajstić information content (AvgIpc) is 2.14. The number of hydrogen-bond donors (Lipinski definition) is 1. The van der Waals surface area contributed by atoms with Gasteiger partial charge in [0.15, 0.2) is 5.82 Å². The highest BCUT2D eigenvalue weighted by Gasteiger charge is 2.04. The Hall–Kier alpha value is -1.90. The van der Waals surface area contributed by atoms with Crippen LogP contribution in [0.5, 0.6) is 0 Å². The van der Waals surface area contributed by atoms with E-state index >= 15 is 0 Å². The lowest BCUT2D eigenvalue weighted by molar-refractivity contribution is 1.12. The van der Waals surface area contributed by atoms with Crippen LogP contribution in [0.15, 0.2) is 24.3 Å². The number of hydrogen-bond acceptors (Lipinski definition) is 3. The molecular formula is C13H15N3. The van der Waals surface area contributed by atoms with Gasteiger partial charge < -0.3 is 5.73 Å². The SMILES string of the molecule is Cc1cc(C)cc(-c2nc(C)cc(N)n2)c1. The second-order valence-corrected chi connectivity index (χ2v) is 4.13. The van der Waals surface area contributed by atoms with Gasteiger partial charge in [0.2, 0.25) is 0 Å². The van der Waals surface area contributed by atoms with E-state index in [2.05, 4.69) is 42.0 Å². The molecule has 3 nitrogen and oxygen atoms in total. The molecule has 16 heavy (non-hydrogen) atoms. The van der Waals surface area contributed by atoms with Crippen molar-refractivity contribution >= 4 is 5.82 Å². The van der Waals surface area contributed by atoms with Gasteiger partial charge in [0.25, 0.3) is 0 Å². The van der Waals surface area contributed by atoms with Crippen molar-refractivity contribution in [2.45, 2.75) is 20.8 Å². The van der Waals surface area contributed by atoms with E-state index in [1.807, 2.05) is 6.92 Å². The van der Waals surface area contributed by atoms with E-state index in [0.717, 1.165) is 11.3 Å². The van der Waals surface area contributed by atoms with Gasteiger partial charge in [-0.05, 0) is 32.9 Å². The number of aromatic nitrogens is 2. The molecule has 0 aliphatic carbocycles. The van der Waals surface area contributed by atoms with E-state index in [0.29, 0.717) is 11.6 Å². The van der Waals surface area contributed by atoms with Crippen LogP contribution in [-0.4, -0.2) is 9.97 Å². The average molecular weight is 213 g/mol. The van der Waals surface area contributed by atoms with Crippen LogP contribution < -0.4 is 5.73 Å². The zero-order valence-corrected chi connectivity index (χ0v) is 9.78. The van der Waals surface area contributed by atoms with Gasteiger partial charge in [0, 0.05) is 17.3 Å². The molecular weight excluding hydrogens is 198 g/mol. The molecule has 0 aliphatic rings. The van der Waals surface area contributed by atoms with Gasteiger partial charge in [-0.25, -0.2) is 9.97 Å². The van der Waals surface area contributed by atoms with Crippen LogP contribution in [0, 0.1) is 20.8 Å². The third-order valence-corrected chi connectivity index (χ3v) is 2.35. The highest BCUT2D eigenvalue weighted by Crippen LogP contribution is 2.19. The smallest absolute Gasteiger partial charge is 0.161 e. The third-order valence-electron chi connectivity index (χ3n) is 2.35. The van der Waals surface area contributed by atoms with Crippen molar-refractivity contribution in [2.75, 3.05) is 5.73 Å². The van der Waals surface area contributed by atoms with Crippen LogP contribution in [0.2, 0.25) is 0 Å². The fourth-order valence-electron chi connectivity index (χ4n) is 1.83. The molecule has 0 aliphatic heterocycles. The Labute approximate surface area is 95.4 Å². The van der Waals surface area contributed by atoms with Crippen LogP contribution in [0.3, 0.4) is 0 Å². The van der Waals surface area contributed by atoms with Crippen LogP contribution in [-0.2, 0) is 0 Å². The number of rotatable bonds is 1. The van der Waals surface area contributed by atoms with Crippen molar-refractivity contribution < 1.29 is 0 Å². The number of nitrogen functional groups attached to an aromatic ring is 1. The Balaban J connectivity index is 2.57. The summed E-state index contributed by atoms with van der Waals surface area (Å²) in [6.45, 7) is 6.05. The van der Waals surface area contributed by atoms with Gasteiger partial charge in [-0.2, -0.15) is 0 Å². The minimum absolute atomic E-state index is 0.515. The van der Waals surface area contributed by atoms with Gasteiger partial charge in [0.1, 0.15) is 5.82 Å². The number of nitrogens with zero attached hydrogens (tertiary/aromatic N) is 2. The maximum Gasteiger partial charge on any atom is 0.161 e. The minimum Gasteiger partial charge on any atom is -0.384 e. The molecule has 0 radical (unpaired) electrons. The van der Waals surface area contributed by atoms with Crippen LogP contribution >= 0.6 is 0 Å². The maximum absolute atomic E-state index is 5.72. The summed E-state index contributed by atoms with van der Waals surface area (Å²) in [5.41, 5.74) is 10.0. The molecule has 0 fully saturated rings. The van der Waals surface area contributed by atoms with E-state index in [9.17, 15) is 0 Å². The Kier molecular flexibility index (Phi) is 2.60. The molecule has 0 saturated carbocycles. The van der Waals surface area contributed by atoms with E-state index in [1.54, 1.807) is 6.07 Å². The summed E-state index contributed by atoms with van der Waals surface area (Å²) in [7, 11) is 0. The Morgan fingerprint density at radius 3 is 2.06 bits per heavy atom. The zero-order valence-electron chi connectivity index (χ0n) is 9.78. The number of aryl methyl sites for hydroxylation is 3. The molecule has 0 bridgehead atoms. The molecule has 1 heterocycles. The normalized spacial score (nSPS) is 10.4. The highest BCUT2D eigenvalue weighted by molar-refractivity contribution is 5.59. The van der Waals surface area contributed by atoms with Crippen molar-refractivity contribution in [3.8, 4) is 11.4 Å². The second kappa shape index (κ2) is 3.93.